The first-order valence-corrected chi connectivity index (χ1v) is 8.25. The molecule has 1 amide bonds. The average molecular weight is 313 g/mol. The number of hydrogen-bond acceptors (Lipinski definition) is 4. The van der Waals surface area contributed by atoms with Crippen LogP contribution in [-0.4, -0.2) is 43.2 Å². The van der Waals surface area contributed by atoms with Gasteiger partial charge >= 0.3 is 0 Å². The minimum atomic E-state index is -0.522. The molecule has 0 unspecified atom stereocenters. The lowest BCUT2D eigenvalue weighted by atomic mass is 9.88. The molecule has 1 rings (SSSR count). The highest BCUT2D eigenvalue weighted by Crippen LogP contribution is 2.24. The van der Waals surface area contributed by atoms with Crippen molar-refractivity contribution in [2.24, 2.45) is 5.92 Å². The first-order valence-electron chi connectivity index (χ1n) is 8.25. The molecule has 1 N–H and O–H groups in total. The normalized spacial score (nSPS) is 17.3. The first-order chi connectivity index (χ1) is 10.3. The van der Waals surface area contributed by atoms with Gasteiger partial charge < -0.3 is 19.6 Å². The Morgan fingerprint density at radius 3 is 2.32 bits per heavy atom. The van der Waals surface area contributed by atoms with Crippen molar-refractivity contribution >= 4 is 12.2 Å². The fraction of sp³-hybridized carbons (Fsp3) is 0.882. The Morgan fingerprint density at radius 1 is 1.09 bits per heavy atom. The molecular weight excluding hydrogens is 282 g/mol. The molecule has 0 radical (unpaired) electrons. The molecule has 1 aliphatic carbocycles. The zero-order chi connectivity index (χ0) is 16.6. The van der Waals surface area contributed by atoms with Crippen molar-refractivity contribution in [2.75, 3.05) is 19.8 Å². The number of nitrogens with one attached hydrogen (secondary N) is 1. The molecule has 1 fully saturated rings. The van der Waals surface area contributed by atoms with Crippen LogP contribution in [0.3, 0.4) is 0 Å². The van der Waals surface area contributed by atoms with Gasteiger partial charge in [0, 0.05) is 12.5 Å². The van der Waals surface area contributed by atoms with Gasteiger partial charge in [0.05, 0.1) is 17.8 Å². The maximum absolute atomic E-state index is 12.2. The quantitative estimate of drug-likeness (QED) is 0.664. The second kappa shape index (κ2) is 8.63. The summed E-state index contributed by atoms with van der Waals surface area (Å²) in [4.78, 5) is 22.5. The minimum Gasteiger partial charge on any atom is -0.371 e. The Labute approximate surface area is 134 Å². The molecule has 0 spiro atoms. The maximum Gasteiger partial charge on any atom is 0.223 e. The van der Waals surface area contributed by atoms with Gasteiger partial charge in [-0.2, -0.15) is 0 Å². The molecular formula is C17H31NO4. The largest absolute Gasteiger partial charge is 0.371 e. The standard InChI is InChI=1S/C17H31NO4/c1-16(2,22-13-17(3,4)21-11-10-19)12-18-15(20)14-8-6-5-7-9-14/h10,14H,5-9,11-13H2,1-4H3,(H,18,20). The lowest BCUT2D eigenvalue weighted by Crippen LogP contribution is -2.45. The van der Waals surface area contributed by atoms with Crippen molar-refractivity contribution in [2.45, 2.75) is 71.0 Å². The Balaban J connectivity index is 2.33. The van der Waals surface area contributed by atoms with Gasteiger partial charge in [-0.05, 0) is 40.5 Å². The van der Waals surface area contributed by atoms with Crippen LogP contribution in [0.4, 0.5) is 0 Å². The van der Waals surface area contributed by atoms with Crippen molar-refractivity contribution in [3.63, 3.8) is 0 Å². The van der Waals surface area contributed by atoms with Crippen molar-refractivity contribution in [3.8, 4) is 0 Å². The second-order valence-electron chi connectivity index (χ2n) is 7.34. The summed E-state index contributed by atoms with van der Waals surface area (Å²) in [7, 11) is 0. The van der Waals surface area contributed by atoms with Crippen LogP contribution >= 0.6 is 0 Å². The van der Waals surface area contributed by atoms with Gasteiger partial charge in [0.15, 0.2) is 0 Å². The number of ether oxygens (including phenoxy) is 2. The fourth-order valence-electron chi connectivity index (χ4n) is 2.53. The number of hydrogen-bond donors (Lipinski definition) is 1. The van der Waals surface area contributed by atoms with E-state index in [9.17, 15) is 9.59 Å². The van der Waals surface area contributed by atoms with Crippen molar-refractivity contribution < 1.29 is 19.1 Å². The van der Waals surface area contributed by atoms with Crippen molar-refractivity contribution in [3.05, 3.63) is 0 Å². The molecule has 0 atom stereocenters. The lowest BCUT2D eigenvalue weighted by molar-refractivity contribution is -0.137. The SMILES string of the molecule is CC(C)(CNC(=O)C1CCCCC1)OCC(C)(C)OCC=O. The van der Waals surface area contributed by atoms with E-state index in [2.05, 4.69) is 5.32 Å². The number of carbonyl (C=O) groups excluding carboxylic acids is 2. The van der Waals surface area contributed by atoms with Crippen LogP contribution in [0.1, 0.15) is 59.8 Å². The molecule has 0 aromatic heterocycles. The van der Waals surface area contributed by atoms with E-state index in [0.29, 0.717) is 13.2 Å². The summed E-state index contributed by atoms with van der Waals surface area (Å²) in [6, 6.07) is 0. The van der Waals surface area contributed by atoms with Crippen LogP contribution in [0, 0.1) is 5.92 Å². The molecule has 0 aromatic carbocycles. The van der Waals surface area contributed by atoms with E-state index in [4.69, 9.17) is 9.47 Å². The van der Waals surface area contributed by atoms with Crippen molar-refractivity contribution in [1.29, 1.82) is 0 Å². The van der Waals surface area contributed by atoms with E-state index in [1.165, 1.54) is 6.42 Å². The van der Waals surface area contributed by atoms with E-state index in [1.807, 2.05) is 27.7 Å². The Hall–Kier alpha value is -0.940. The number of aldehydes is 1. The predicted molar refractivity (Wildman–Crippen MR) is 85.7 cm³/mol. The van der Waals surface area contributed by atoms with Gasteiger partial charge in [0.25, 0.3) is 0 Å². The summed E-state index contributed by atoms with van der Waals surface area (Å²) < 4.78 is 11.3. The number of amides is 1. The summed E-state index contributed by atoms with van der Waals surface area (Å²) >= 11 is 0. The molecule has 0 saturated heterocycles. The Bertz CT molecular complexity index is 360. The fourth-order valence-corrected chi connectivity index (χ4v) is 2.53. The van der Waals surface area contributed by atoms with Gasteiger partial charge in [-0.25, -0.2) is 0 Å². The maximum atomic E-state index is 12.2. The van der Waals surface area contributed by atoms with Crippen LogP contribution in [0.25, 0.3) is 0 Å². The number of carbonyl (C=O) groups is 2. The molecule has 128 valence electrons. The topological polar surface area (TPSA) is 64.6 Å². The number of rotatable bonds is 9. The Kier molecular flexibility index (Phi) is 7.49. The molecule has 0 bridgehead atoms. The summed E-state index contributed by atoms with van der Waals surface area (Å²) in [6.45, 7) is 8.57. The lowest BCUT2D eigenvalue weighted by Gasteiger charge is -2.32. The smallest absolute Gasteiger partial charge is 0.223 e. The molecule has 0 heterocycles. The van der Waals surface area contributed by atoms with Crippen LogP contribution < -0.4 is 5.32 Å². The second-order valence-corrected chi connectivity index (χ2v) is 7.34. The van der Waals surface area contributed by atoms with Crippen LogP contribution in [0.15, 0.2) is 0 Å². The molecule has 0 aromatic rings. The Morgan fingerprint density at radius 2 is 1.73 bits per heavy atom. The average Bonchev–Trinajstić information content (AvgIpc) is 2.50. The monoisotopic (exact) mass is 313 g/mol. The summed E-state index contributed by atoms with van der Waals surface area (Å²) in [5, 5.41) is 3.01. The van der Waals surface area contributed by atoms with E-state index < -0.39 is 11.2 Å². The molecule has 5 heteroatoms. The summed E-state index contributed by atoms with van der Waals surface area (Å²) in [5.74, 6) is 0.310. The van der Waals surface area contributed by atoms with Crippen LogP contribution in [0.2, 0.25) is 0 Å². The third kappa shape index (κ3) is 7.36. The molecule has 1 saturated carbocycles. The first kappa shape index (κ1) is 19.1. The highest BCUT2D eigenvalue weighted by atomic mass is 16.6. The molecule has 0 aliphatic heterocycles. The van der Waals surface area contributed by atoms with Gasteiger partial charge in [0.2, 0.25) is 5.91 Å². The van der Waals surface area contributed by atoms with Gasteiger partial charge in [-0.1, -0.05) is 19.3 Å². The van der Waals surface area contributed by atoms with Gasteiger partial charge in [-0.3, -0.25) is 4.79 Å². The summed E-state index contributed by atoms with van der Waals surface area (Å²) in [5.41, 5.74) is -0.988. The van der Waals surface area contributed by atoms with Gasteiger partial charge in [-0.15, -0.1) is 0 Å². The molecule has 1 aliphatic rings. The van der Waals surface area contributed by atoms with Crippen molar-refractivity contribution in [1.82, 2.24) is 5.32 Å². The van der Waals surface area contributed by atoms with Crippen LogP contribution in [-0.2, 0) is 19.1 Å². The third-order valence-corrected chi connectivity index (χ3v) is 4.02. The summed E-state index contributed by atoms with van der Waals surface area (Å²) in [6.07, 6.45) is 6.28. The van der Waals surface area contributed by atoms with Crippen LogP contribution in [0.5, 0.6) is 0 Å². The zero-order valence-electron chi connectivity index (χ0n) is 14.4. The van der Waals surface area contributed by atoms with E-state index in [0.717, 1.165) is 32.0 Å². The highest BCUT2D eigenvalue weighted by molar-refractivity contribution is 5.78. The zero-order valence-corrected chi connectivity index (χ0v) is 14.4. The molecule has 22 heavy (non-hydrogen) atoms. The van der Waals surface area contributed by atoms with Gasteiger partial charge in [0.1, 0.15) is 12.9 Å². The van der Waals surface area contributed by atoms with E-state index >= 15 is 0 Å². The minimum absolute atomic E-state index is 0.0647. The van der Waals surface area contributed by atoms with E-state index in [-0.39, 0.29) is 18.4 Å². The van der Waals surface area contributed by atoms with E-state index in [1.54, 1.807) is 0 Å². The third-order valence-electron chi connectivity index (χ3n) is 4.02. The predicted octanol–water partition coefficient (Wildman–Crippen LogP) is 2.47. The highest BCUT2D eigenvalue weighted by Gasteiger charge is 2.27. The molecule has 5 nitrogen and oxygen atoms in total.